The van der Waals surface area contributed by atoms with E-state index in [1.807, 2.05) is 7.05 Å². The number of H-pyrrole nitrogens is 1. The van der Waals surface area contributed by atoms with E-state index in [-0.39, 0.29) is 11.9 Å². The van der Waals surface area contributed by atoms with Crippen LogP contribution in [-0.2, 0) is 11.3 Å². The third kappa shape index (κ3) is 2.63. The third-order valence-electron chi connectivity index (χ3n) is 4.39. The normalized spacial score (nSPS) is 30.1. The molecule has 6 nitrogen and oxygen atoms in total. The molecule has 1 aromatic rings. The van der Waals surface area contributed by atoms with Crippen LogP contribution >= 0.6 is 0 Å². The fraction of sp³-hybridized carbons (Fsp3) is 0.769. The van der Waals surface area contributed by atoms with Gasteiger partial charge in [0.25, 0.3) is 0 Å². The number of rotatable bonds is 3. The summed E-state index contributed by atoms with van der Waals surface area (Å²) < 4.78 is 0. The van der Waals surface area contributed by atoms with Crippen LogP contribution in [0.15, 0.2) is 6.33 Å². The molecule has 1 amide bonds. The van der Waals surface area contributed by atoms with Crippen molar-refractivity contribution in [3.05, 3.63) is 12.2 Å². The molecule has 1 aliphatic carbocycles. The van der Waals surface area contributed by atoms with Crippen molar-refractivity contribution in [2.45, 2.75) is 50.7 Å². The fourth-order valence-corrected chi connectivity index (χ4v) is 3.39. The van der Waals surface area contributed by atoms with Gasteiger partial charge in [-0.1, -0.05) is 12.8 Å². The molecule has 0 aromatic carbocycles. The highest BCUT2D eigenvalue weighted by molar-refractivity contribution is 5.82. The van der Waals surface area contributed by atoms with Crippen LogP contribution in [0.2, 0.25) is 0 Å². The standard InChI is InChI=1S/C13H21N5O/c1-18(7-12-14-8-15-17-12)13(19)11-6-9-4-2-3-5-10(9)16-11/h8-11,16H,2-7H2,1H3,(H,14,15,17). The van der Waals surface area contributed by atoms with E-state index >= 15 is 0 Å². The Bertz CT molecular complexity index is 418. The molecule has 2 aliphatic rings. The lowest BCUT2D eigenvalue weighted by Crippen LogP contribution is -2.43. The Morgan fingerprint density at radius 3 is 3.05 bits per heavy atom. The van der Waals surface area contributed by atoms with Gasteiger partial charge in [-0.25, -0.2) is 4.98 Å². The van der Waals surface area contributed by atoms with Crippen LogP contribution in [0.4, 0.5) is 0 Å². The summed E-state index contributed by atoms with van der Waals surface area (Å²) in [6.07, 6.45) is 7.56. The average molecular weight is 263 g/mol. The number of hydrogen-bond acceptors (Lipinski definition) is 4. The highest BCUT2D eigenvalue weighted by Gasteiger charge is 2.39. The van der Waals surface area contributed by atoms with Gasteiger partial charge in [0.1, 0.15) is 12.2 Å². The monoisotopic (exact) mass is 263 g/mol. The van der Waals surface area contributed by atoms with E-state index < -0.39 is 0 Å². The minimum atomic E-state index is -0.0129. The molecular weight excluding hydrogens is 242 g/mol. The van der Waals surface area contributed by atoms with Gasteiger partial charge in [0.05, 0.1) is 12.6 Å². The second-order valence-corrected chi connectivity index (χ2v) is 5.73. The summed E-state index contributed by atoms with van der Waals surface area (Å²) in [6.45, 7) is 0.492. The predicted octanol–water partition coefficient (Wildman–Crippen LogP) is 0.684. The number of nitrogens with zero attached hydrogens (tertiary/aromatic N) is 3. The molecule has 0 spiro atoms. The van der Waals surface area contributed by atoms with Crippen molar-refractivity contribution in [1.29, 1.82) is 0 Å². The minimum Gasteiger partial charge on any atom is -0.337 e. The molecule has 19 heavy (non-hydrogen) atoms. The van der Waals surface area contributed by atoms with E-state index in [0.717, 1.165) is 12.2 Å². The van der Waals surface area contributed by atoms with Gasteiger partial charge in [0, 0.05) is 13.1 Å². The molecule has 2 heterocycles. The van der Waals surface area contributed by atoms with Crippen molar-refractivity contribution < 1.29 is 4.79 Å². The van der Waals surface area contributed by atoms with Gasteiger partial charge in [-0.15, -0.1) is 0 Å². The lowest BCUT2D eigenvalue weighted by Gasteiger charge is -2.24. The van der Waals surface area contributed by atoms with Gasteiger partial charge in [0.2, 0.25) is 5.91 Å². The average Bonchev–Trinajstić information content (AvgIpc) is 3.05. The zero-order valence-corrected chi connectivity index (χ0v) is 11.3. The summed E-state index contributed by atoms with van der Waals surface area (Å²) in [4.78, 5) is 18.2. The van der Waals surface area contributed by atoms with E-state index in [1.54, 1.807) is 4.90 Å². The third-order valence-corrected chi connectivity index (χ3v) is 4.39. The van der Waals surface area contributed by atoms with Crippen LogP contribution in [0.25, 0.3) is 0 Å². The Balaban J connectivity index is 1.58. The van der Waals surface area contributed by atoms with E-state index in [2.05, 4.69) is 20.5 Å². The summed E-state index contributed by atoms with van der Waals surface area (Å²) in [5, 5.41) is 10.1. The summed E-state index contributed by atoms with van der Waals surface area (Å²) in [7, 11) is 1.83. The van der Waals surface area contributed by atoms with Gasteiger partial charge < -0.3 is 10.2 Å². The van der Waals surface area contributed by atoms with Gasteiger partial charge in [-0.3, -0.25) is 9.89 Å². The topological polar surface area (TPSA) is 73.9 Å². The molecule has 2 fully saturated rings. The van der Waals surface area contributed by atoms with Crippen molar-refractivity contribution in [2.24, 2.45) is 5.92 Å². The van der Waals surface area contributed by atoms with Crippen LogP contribution in [0.1, 0.15) is 37.9 Å². The second-order valence-electron chi connectivity index (χ2n) is 5.73. The molecule has 1 aliphatic heterocycles. The smallest absolute Gasteiger partial charge is 0.239 e. The molecule has 2 N–H and O–H groups in total. The van der Waals surface area contributed by atoms with Crippen LogP contribution in [-0.4, -0.2) is 45.1 Å². The maximum atomic E-state index is 12.4. The first-order chi connectivity index (χ1) is 9.24. The van der Waals surface area contributed by atoms with Gasteiger partial charge >= 0.3 is 0 Å². The number of hydrogen-bond donors (Lipinski definition) is 2. The Kier molecular flexibility index (Phi) is 3.50. The maximum Gasteiger partial charge on any atom is 0.239 e. The van der Waals surface area contributed by atoms with Gasteiger partial charge in [-0.2, -0.15) is 5.10 Å². The lowest BCUT2D eigenvalue weighted by molar-refractivity contribution is -0.132. The summed E-state index contributed by atoms with van der Waals surface area (Å²) in [5.74, 6) is 1.60. The first kappa shape index (κ1) is 12.6. The highest BCUT2D eigenvalue weighted by atomic mass is 16.2. The molecule has 0 bridgehead atoms. The molecule has 1 saturated heterocycles. The Morgan fingerprint density at radius 1 is 1.47 bits per heavy atom. The zero-order valence-electron chi connectivity index (χ0n) is 11.3. The fourth-order valence-electron chi connectivity index (χ4n) is 3.39. The first-order valence-electron chi connectivity index (χ1n) is 7.09. The molecule has 6 heteroatoms. The first-order valence-corrected chi connectivity index (χ1v) is 7.09. The summed E-state index contributed by atoms with van der Waals surface area (Å²) in [6, 6.07) is 0.544. The van der Waals surface area contributed by atoms with Gasteiger partial charge in [-0.05, 0) is 25.2 Å². The summed E-state index contributed by atoms with van der Waals surface area (Å²) >= 11 is 0. The highest BCUT2D eigenvalue weighted by Crippen LogP contribution is 2.33. The van der Waals surface area contributed by atoms with Crippen molar-refractivity contribution in [3.8, 4) is 0 Å². The number of aromatic amines is 1. The number of amides is 1. The van der Waals surface area contributed by atoms with E-state index in [4.69, 9.17) is 0 Å². The zero-order chi connectivity index (χ0) is 13.2. The molecule has 3 atom stereocenters. The van der Waals surface area contributed by atoms with Crippen molar-refractivity contribution >= 4 is 5.91 Å². The van der Waals surface area contributed by atoms with Crippen LogP contribution in [0.5, 0.6) is 0 Å². The molecular formula is C13H21N5O. The molecule has 104 valence electrons. The minimum absolute atomic E-state index is 0.0129. The van der Waals surface area contributed by atoms with Crippen LogP contribution in [0, 0.1) is 5.92 Å². The number of nitrogens with one attached hydrogen (secondary N) is 2. The molecule has 3 unspecified atom stereocenters. The Morgan fingerprint density at radius 2 is 2.32 bits per heavy atom. The van der Waals surface area contributed by atoms with E-state index in [0.29, 0.717) is 18.5 Å². The second kappa shape index (κ2) is 5.28. The Hall–Kier alpha value is -1.43. The summed E-state index contributed by atoms with van der Waals surface area (Å²) in [5.41, 5.74) is 0. The molecule has 0 radical (unpaired) electrons. The number of fused-ring (bicyclic) bond motifs is 1. The van der Waals surface area contributed by atoms with E-state index in [1.165, 1.54) is 32.0 Å². The number of likely N-dealkylation sites (N-methyl/N-ethyl adjacent to an activating group) is 1. The maximum absolute atomic E-state index is 12.4. The predicted molar refractivity (Wildman–Crippen MR) is 70.1 cm³/mol. The molecule has 3 rings (SSSR count). The molecule has 1 aromatic heterocycles. The van der Waals surface area contributed by atoms with Crippen molar-refractivity contribution in [1.82, 2.24) is 25.4 Å². The Labute approximate surface area is 113 Å². The SMILES string of the molecule is CN(Cc1ncn[nH]1)C(=O)C1CC2CCCCC2N1. The largest absolute Gasteiger partial charge is 0.337 e. The van der Waals surface area contributed by atoms with Crippen LogP contribution < -0.4 is 5.32 Å². The molecule has 1 saturated carbocycles. The van der Waals surface area contributed by atoms with Gasteiger partial charge in [0.15, 0.2) is 0 Å². The quantitative estimate of drug-likeness (QED) is 0.841. The number of carbonyl (C=O) groups is 1. The lowest BCUT2D eigenvalue weighted by atomic mass is 9.85. The number of aromatic nitrogens is 3. The van der Waals surface area contributed by atoms with Crippen LogP contribution in [0.3, 0.4) is 0 Å². The van der Waals surface area contributed by atoms with E-state index in [9.17, 15) is 4.79 Å². The van der Waals surface area contributed by atoms with Crippen molar-refractivity contribution in [2.75, 3.05) is 7.05 Å². The van der Waals surface area contributed by atoms with Crippen molar-refractivity contribution in [3.63, 3.8) is 0 Å². The number of carbonyl (C=O) groups excluding carboxylic acids is 1.